The highest BCUT2D eigenvalue weighted by molar-refractivity contribution is 5.82. The zero-order valence-corrected chi connectivity index (χ0v) is 12.5. The van der Waals surface area contributed by atoms with Crippen molar-refractivity contribution in [2.75, 3.05) is 19.6 Å². The minimum absolute atomic E-state index is 0.185. The molecule has 0 N–H and O–H groups in total. The Kier molecular flexibility index (Phi) is 3.99. The van der Waals surface area contributed by atoms with Crippen molar-refractivity contribution in [3.63, 3.8) is 0 Å². The number of nitrogens with zero attached hydrogens (tertiary/aromatic N) is 2. The Morgan fingerprint density at radius 2 is 1.50 bits per heavy atom. The number of hydrogen-bond donors (Lipinski definition) is 0. The van der Waals surface area contributed by atoms with Gasteiger partial charge in [-0.2, -0.15) is 0 Å². The molecule has 4 nitrogen and oxygen atoms in total. The van der Waals surface area contributed by atoms with E-state index in [2.05, 4.69) is 6.92 Å². The molecule has 2 saturated carbocycles. The lowest BCUT2D eigenvalue weighted by Gasteiger charge is -2.41. The summed E-state index contributed by atoms with van der Waals surface area (Å²) in [4.78, 5) is 28.7. The summed E-state index contributed by atoms with van der Waals surface area (Å²) in [6, 6.07) is 0.185. The second-order valence-electron chi connectivity index (χ2n) is 6.77. The van der Waals surface area contributed by atoms with Gasteiger partial charge in [-0.25, -0.2) is 0 Å². The monoisotopic (exact) mass is 278 g/mol. The van der Waals surface area contributed by atoms with E-state index in [4.69, 9.17) is 0 Å². The van der Waals surface area contributed by atoms with Crippen LogP contribution in [0.1, 0.15) is 51.9 Å². The molecular weight excluding hydrogens is 252 g/mol. The molecule has 0 bridgehead atoms. The molecule has 2 amide bonds. The van der Waals surface area contributed by atoms with Crippen LogP contribution in [0.25, 0.3) is 0 Å². The molecule has 1 heterocycles. The fraction of sp³-hybridized carbons (Fsp3) is 0.875. The van der Waals surface area contributed by atoms with Crippen molar-refractivity contribution in [2.45, 2.75) is 57.9 Å². The standard InChI is InChI=1S/C16H26N2O2/c1-12-11-17(15(19)13-5-3-2-4-6-13)9-10-18(12)16(20)14-7-8-14/h12-14H,2-11H2,1H3. The summed E-state index contributed by atoms with van der Waals surface area (Å²) in [5, 5.41) is 0. The number of carbonyl (C=O) groups is 2. The van der Waals surface area contributed by atoms with E-state index >= 15 is 0 Å². The van der Waals surface area contributed by atoms with Crippen LogP contribution in [0, 0.1) is 11.8 Å². The third-order valence-electron chi connectivity index (χ3n) is 5.10. The molecule has 3 rings (SSSR count). The molecule has 112 valence electrons. The molecule has 3 aliphatic rings. The lowest BCUT2D eigenvalue weighted by Crippen LogP contribution is -2.56. The summed E-state index contributed by atoms with van der Waals surface area (Å²) in [6.45, 7) is 4.28. The van der Waals surface area contributed by atoms with Crippen molar-refractivity contribution in [3.05, 3.63) is 0 Å². The number of hydrogen-bond acceptors (Lipinski definition) is 2. The first-order chi connectivity index (χ1) is 9.66. The van der Waals surface area contributed by atoms with E-state index < -0.39 is 0 Å². The molecule has 0 aromatic carbocycles. The Labute approximate surface area is 121 Å². The van der Waals surface area contributed by atoms with Crippen LogP contribution in [0.4, 0.5) is 0 Å². The predicted molar refractivity (Wildman–Crippen MR) is 77.1 cm³/mol. The fourth-order valence-electron chi connectivity index (χ4n) is 3.66. The summed E-state index contributed by atoms with van der Waals surface area (Å²) in [5.41, 5.74) is 0. The van der Waals surface area contributed by atoms with Gasteiger partial charge in [-0.15, -0.1) is 0 Å². The molecule has 2 aliphatic carbocycles. The molecule has 1 unspecified atom stereocenters. The highest BCUT2D eigenvalue weighted by Crippen LogP contribution is 2.32. The van der Waals surface area contributed by atoms with Crippen LogP contribution in [0.3, 0.4) is 0 Å². The van der Waals surface area contributed by atoms with E-state index in [1.54, 1.807) is 0 Å². The number of rotatable bonds is 2. The Balaban J connectivity index is 1.55. The summed E-state index contributed by atoms with van der Waals surface area (Å²) in [6.07, 6.45) is 7.93. The summed E-state index contributed by atoms with van der Waals surface area (Å²) in [5.74, 6) is 1.21. The Morgan fingerprint density at radius 3 is 2.10 bits per heavy atom. The average molecular weight is 278 g/mol. The first kappa shape index (κ1) is 13.9. The van der Waals surface area contributed by atoms with E-state index in [0.717, 1.165) is 45.3 Å². The third kappa shape index (κ3) is 2.84. The van der Waals surface area contributed by atoms with Crippen LogP contribution in [-0.4, -0.2) is 47.3 Å². The van der Waals surface area contributed by atoms with Crippen molar-refractivity contribution >= 4 is 11.8 Å². The van der Waals surface area contributed by atoms with Gasteiger partial charge in [0.25, 0.3) is 0 Å². The molecule has 3 fully saturated rings. The van der Waals surface area contributed by atoms with Gasteiger partial charge < -0.3 is 9.80 Å². The average Bonchev–Trinajstić information content (AvgIpc) is 3.31. The predicted octanol–water partition coefficient (Wildman–Crippen LogP) is 2.04. The summed E-state index contributed by atoms with van der Waals surface area (Å²) < 4.78 is 0. The van der Waals surface area contributed by atoms with Crippen molar-refractivity contribution in [1.82, 2.24) is 9.80 Å². The summed E-state index contributed by atoms with van der Waals surface area (Å²) in [7, 11) is 0. The van der Waals surface area contributed by atoms with Crippen molar-refractivity contribution in [1.29, 1.82) is 0 Å². The highest BCUT2D eigenvalue weighted by atomic mass is 16.2. The largest absolute Gasteiger partial charge is 0.339 e. The molecule has 0 spiro atoms. The zero-order valence-electron chi connectivity index (χ0n) is 12.5. The maximum atomic E-state index is 12.5. The van der Waals surface area contributed by atoms with Crippen molar-refractivity contribution in [3.8, 4) is 0 Å². The van der Waals surface area contributed by atoms with Gasteiger partial charge in [0.1, 0.15) is 0 Å². The van der Waals surface area contributed by atoms with Crippen molar-refractivity contribution < 1.29 is 9.59 Å². The molecule has 0 aromatic rings. The maximum absolute atomic E-state index is 12.5. The number of piperazine rings is 1. The smallest absolute Gasteiger partial charge is 0.226 e. The minimum Gasteiger partial charge on any atom is -0.339 e. The van der Waals surface area contributed by atoms with Gasteiger partial charge in [-0.1, -0.05) is 19.3 Å². The quantitative estimate of drug-likeness (QED) is 0.775. The van der Waals surface area contributed by atoms with E-state index in [1.807, 2.05) is 9.80 Å². The lowest BCUT2D eigenvalue weighted by molar-refractivity contribution is -0.146. The van der Waals surface area contributed by atoms with Crippen LogP contribution in [0.15, 0.2) is 0 Å². The van der Waals surface area contributed by atoms with Gasteiger partial charge in [0, 0.05) is 37.5 Å². The number of amides is 2. The Hall–Kier alpha value is -1.06. The molecule has 0 aromatic heterocycles. The van der Waals surface area contributed by atoms with E-state index in [0.29, 0.717) is 11.8 Å². The van der Waals surface area contributed by atoms with Gasteiger partial charge in [0.05, 0.1) is 0 Å². The Bertz CT molecular complexity index is 386. The second kappa shape index (κ2) is 5.74. The molecule has 0 radical (unpaired) electrons. The van der Waals surface area contributed by atoms with E-state index in [9.17, 15) is 9.59 Å². The van der Waals surface area contributed by atoms with Gasteiger partial charge in [0.2, 0.25) is 11.8 Å². The zero-order chi connectivity index (χ0) is 14.1. The van der Waals surface area contributed by atoms with Crippen LogP contribution < -0.4 is 0 Å². The topological polar surface area (TPSA) is 40.6 Å². The molecule has 1 aliphatic heterocycles. The molecule has 1 saturated heterocycles. The maximum Gasteiger partial charge on any atom is 0.226 e. The van der Waals surface area contributed by atoms with Crippen LogP contribution in [-0.2, 0) is 9.59 Å². The normalized spacial score (nSPS) is 28.6. The van der Waals surface area contributed by atoms with Gasteiger partial charge in [-0.3, -0.25) is 9.59 Å². The van der Waals surface area contributed by atoms with Crippen LogP contribution in [0.5, 0.6) is 0 Å². The highest BCUT2D eigenvalue weighted by Gasteiger charge is 2.38. The summed E-state index contributed by atoms with van der Waals surface area (Å²) >= 11 is 0. The fourth-order valence-corrected chi connectivity index (χ4v) is 3.66. The molecule has 1 atom stereocenters. The van der Waals surface area contributed by atoms with Gasteiger partial charge in [-0.05, 0) is 32.6 Å². The molecule has 4 heteroatoms. The first-order valence-electron chi connectivity index (χ1n) is 8.26. The van der Waals surface area contributed by atoms with E-state index in [1.165, 1.54) is 19.3 Å². The molecular formula is C16H26N2O2. The van der Waals surface area contributed by atoms with Gasteiger partial charge >= 0.3 is 0 Å². The third-order valence-corrected chi connectivity index (χ3v) is 5.10. The van der Waals surface area contributed by atoms with Crippen LogP contribution >= 0.6 is 0 Å². The van der Waals surface area contributed by atoms with E-state index in [-0.39, 0.29) is 17.9 Å². The van der Waals surface area contributed by atoms with Crippen molar-refractivity contribution in [2.24, 2.45) is 11.8 Å². The van der Waals surface area contributed by atoms with Crippen LogP contribution in [0.2, 0.25) is 0 Å². The first-order valence-corrected chi connectivity index (χ1v) is 8.26. The number of carbonyl (C=O) groups excluding carboxylic acids is 2. The van der Waals surface area contributed by atoms with Gasteiger partial charge in [0.15, 0.2) is 0 Å². The second-order valence-corrected chi connectivity index (χ2v) is 6.77. The lowest BCUT2D eigenvalue weighted by atomic mass is 9.88. The molecule has 20 heavy (non-hydrogen) atoms. The Morgan fingerprint density at radius 1 is 0.850 bits per heavy atom. The SMILES string of the molecule is CC1CN(C(=O)C2CCCCC2)CCN1C(=O)C1CC1. The minimum atomic E-state index is 0.185.